The van der Waals surface area contributed by atoms with E-state index in [1.54, 1.807) is 25.1 Å². The van der Waals surface area contributed by atoms with Gasteiger partial charge in [0.2, 0.25) is 12.7 Å². The molecular weight excluding hydrogens is 518 g/mol. The molecule has 0 unspecified atom stereocenters. The molecule has 0 saturated heterocycles. The summed E-state index contributed by atoms with van der Waals surface area (Å²) in [4.78, 5) is 38.0. The van der Waals surface area contributed by atoms with E-state index in [1.165, 1.54) is 0 Å². The van der Waals surface area contributed by atoms with E-state index in [2.05, 4.69) is 26.6 Å². The molecule has 186 valence electrons. The first-order valence-electron chi connectivity index (χ1n) is 11.6. The molecule has 1 aliphatic carbocycles. The number of benzene rings is 2. The minimum Gasteiger partial charge on any atom is -0.466 e. The van der Waals surface area contributed by atoms with Crippen LogP contribution < -0.4 is 25.8 Å². The van der Waals surface area contributed by atoms with Gasteiger partial charge in [-0.2, -0.15) is 0 Å². The monoisotopic (exact) mass is 545 g/mol. The highest BCUT2D eigenvalue weighted by atomic mass is 79.9. The number of nitrogens with two attached hydrogens (primary N) is 1. The molecule has 2 aliphatic rings. The molecule has 0 atom stereocenters. The highest BCUT2D eigenvalue weighted by Gasteiger charge is 2.31. The zero-order valence-corrected chi connectivity index (χ0v) is 21.0. The summed E-state index contributed by atoms with van der Waals surface area (Å²) < 4.78 is 16.4. The molecule has 0 aromatic heterocycles. The van der Waals surface area contributed by atoms with E-state index in [9.17, 15) is 14.4 Å². The molecule has 10 heteroatoms. The first-order chi connectivity index (χ1) is 16.9. The highest BCUT2D eigenvalue weighted by molar-refractivity contribution is 9.10. The molecule has 1 saturated carbocycles. The fourth-order valence-electron chi connectivity index (χ4n) is 4.30. The summed E-state index contributed by atoms with van der Waals surface area (Å²) in [6, 6.07) is 8.63. The second-order valence-electron chi connectivity index (χ2n) is 8.58. The molecule has 4 N–H and O–H groups in total. The van der Waals surface area contributed by atoms with Gasteiger partial charge in [-0.1, -0.05) is 6.07 Å². The maximum atomic E-state index is 13.0. The van der Waals surface area contributed by atoms with Crippen LogP contribution in [0.3, 0.4) is 0 Å². The fraction of sp³-hybridized carbons (Fsp3) is 0.400. The van der Waals surface area contributed by atoms with Gasteiger partial charge in [-0.3, -0.25) is 14.4 Å². The zero-order chi connectivity index (χ0) is 24.9. The molecule has 2 aromatic rings. The number of rotatable bonds is 7. The molecule has 0 spiro atoms. The predicted octanol–water partition coefficient (Wildman–Crippen LogP) is 4.00. The quantitative estimate of drug-likeness (QED) is 0.354. The minimum absolute atomic E-state index is 0.167. The Hall–Kier alpha value is -3.27. The zero-order valence-electron chi connectivity index (χ0n) is 19.4. The van der Waals surface area contributed by atoms with Crippen molar-refractivity contribution in [2.24, 2.45) is 11.8 Å². The molecular formula is C25H28BrN3O6. The number of anilines is 2. The first-order valence-corrected chi connectivity index (χ1v) is 12.4. The largest absolute Gasteiger partial charge is 0.466 e. The number of esters is 1. The van der Waals surface area contributed by atoms with Gasteiger partial charge < -0.3 is 30.6 Å². The van der Waals surface area contributed by atoms with Gasteiger partial charge in [0.15, 0.2) is 11.5 Å². The third-order valence-electron chi connectivity index (χ3n) is 6.25. The Morgan fingerprint density at radius 3 is 2.51 bits per heavy atom. The summed E-state index contributed by atoms with van der Waals surface area (Å²) in [5.74, 6) is 0.133. The van der Waals surface area contributed by atoms with Crippen LogP contribution in [0.25, 0.3) is 0 Å². The molecule has 4 rings (SSSR count). The SMILES string of the molecule is CCOC(=O)C1CCC(C(=O)Nc2cc(N)c(Br)cc2C(=O)NCc2ccc3c(c2)OCO3)CC1. The van der Waals surface area contributed by atoms with Gasteiger partial charge in [0.25, 0.3) is 5.91 Å². The van der Waals surface area contributed by atoms with E-state index >= 15 is 0 Å². The van der Waals surface area contributed by atoms with Crippen LogP contribution in [-0.2, 0) is 20.9 Å². The summed E-state index contributed by atoms with van der Waals surface area (Å²) in [5.41, 5.74) is 7.91. The van der Waals surface area contributed by atoms with Crippen molar-refractivity contribution >= 4 is 45.1 Å². The Balaban J connectivity index is 1.41. The van der Waals surface area contributed by atoms with Gasteiger partial charge in [-0.15, -0.1) is 0 Å². The normalized spacial score (nSPS) is 18.6. The summed E-state index contributed by atoms with van der Waals surface area (Å²) in [5, 5.41) is 5.75. The molecule has 1 aliphatic heterocycles. The van der Waals surface area contributed by atoms with E-state index in [0.717, 1.165) is 5.56 Å². The summed E-state index contributed by atoms with van der Waals surface area (Å²) in [6.07, 6.45) is 2.35. The lowest BCUT2D eigenvalue weighted by atomic mass is 9.81. The third kappa shape index (κ3) is 5.87. The van der Waals surface area contributed by atoms with Crippen molar-refractivity contribution in [1.82, 2.24) is 5.32 Å². The molecule has 35 heavy (non-hydrogen) atoms. The van der Waals surface area contributed by atoms with Gasteiger partial charge in [-0.25, -0.2) is 0 Å². The van der Waals surface area contributed by atoms with Crippen LogP contribution in [0.1, 0.15) is 48.5 Å². The van der Waals surface area contributed by atoms with Crippen LogP contribution in [0.2, 0.25) is 0 Å². The van der Waals surface area contributed by atoms with E-state index in [0.29, 0.717) is 65.2 Å². The van der Waals surface area contributed by atoms with Gasteiger partial charge in [-0.05, 0) is 78.4 Å². The molecule has 9 nitrogen and oxygen atoms in total. The lowest BCUT2D eigenvalue weighted by Crippen LogP contribution is -2.31. The van der Waals surface area contributed by atoms with E-state index in [-0.39, 0.29) is 43.0 Å². The maximum absolute atomic E-state index is 13.0. The van der Waals surface area contributed by atoms with Crippen LogP contribution in [0, 0.1) is 11.8 Å². The average Bonchev–Trinajstić information content (AvgIpc) is 3.33. The lowest BCUT2D eigenvalue weighted by Gasteiger charge is -2.26. The average molecular weight is 546 g/mol. The summed E-state index contributed by atoms with van der Waals surface area (Å²) >= 11 is 3.36. The van der Waals surface area contributed by atoms with Crippen molar-refractivity contribution in [2.45, 2.75) is 39.2 Å². The number of hydrogen-bond donors (Lipinski definition) is 3. The van der Waals surface area contributed by atoms with Crippen molar-refractivity contribution in [2.75, 3.05) is 24.5 Å². The number of hydrogen-bond acceptors (Lipinski definition) is 7. The second kappa shape index (κ2) is 11.0. The molecule has 0 bridgehead atoms. The minimum atomic E-state index is -0.357. The van der Waals surface area contributed by atoms with E-state index in [1.807, 2.05) is 12.1 Å². The van der Waals surface area contributed by atoms with Gasteiger partial charge in [0.1, 0.15) is 0 Å². The molecule has 2 aromatic carbocycles. The number of nitrogens with one attached hydrogen (secondary N) is 2. The predicted molar refractivity (Wildman–Crippen MR) is 133 cm³/mol. The number of carbonyl (C=O) groups is 3. The van der Waals surface area contributed by atoms with Gasteiger partial charge >= 0.3 is 5.97 Å². The van der Waals surface area contributed by atoms with Crippen LogP contribution in [0.5, 0.6) is 11.5 Å². The Kier molecular flexibility index (Phi) is 7.80. The topological polar surface area (TPSA) is 129 Å². The highest BCUT2D eigenvalue weighted by Crippen LogP contribution is 2.34. The van der Waals surface area contributed by atoms with Crippen LogP contribution >= 0.6 is 15.9 Å². The maximum Gasteiger partial charge on any atom is 0.308 e. The van der Waals surface area contributed by atoms with Crippen molar-refractivity contribution in [1.29, 1.82) is 0 Å². The number of amides is 2. The van der Waals surface area contributed by atoms with Crippen molar-refractivity contribution in [3.8, 4) is 11.5 Å². The molecule has 2 amide bonds. The first kappa shape index (κ1) is 24.8. The second-order valence-corrected chi connectivity index (χ2v) is 9.43. The van der Waals surface area contributed by atoms with Crippen molar-refractivity contribution in [3.05, 3.63) is 45.9 Å². The van der Waals surface area contributed by atoms with Gasteiger partial charge in [0, 0.05) is 22.6 Å². The molecule has 0 radical (unpaired) electrons. The Labute approximate surface area is 211 Å². The van der Waals surface area contributed by atoms with Crippen LogP contribution in [-0.4, -0.2) is 31.2 Å². The fourth-order valence-corrected chi connectivity index (χ4v) is 4.64. The number of ether oxygens (including phenoxy) is 3. The van der Waals surface area contributed by atoms with E-state index < -0.39 is 0 Å². The van der Waals surface area contributed by atoms with Crippen molar-refractivity contribution < 1.29 is 28.6 Å². The Morgan fingerprint density at radius 2 is 1.77 bits per heavy atom. The summed E-state index contributed by atoms with van der Waals surface area (Å²) in [6.45, 7) is 2.58. The molecule has 1 fully saturated rings. The Bertz CT molecular complexity index is 1130. The number of halogens is 1. The smallest absolute Gasteiger partial charge is 0.308 e. The van der Waals surface area contributed by atoms with Crippen LogP contribution in [0.15, 0.2) is 34.8 Å². The third-order valence-corrected chi connectivity index (χ3v) is 6.93. The van der Waals surface area contributed by atoms with E-state index in [4.69, 9.17) is 19.9 Å². The Morgan fingerprint density at radius 1 is 1.06 bits per heavy atom. The number of fused-ring (bicyclic) bond motifs is 1. The standard InChI is InChI=1S/C25H28BrN3O6/c1-2-33-25(32)16-6-4-15(5-7-16)23(30)29-20-11-19(27)18(26)10-17(20)24(31)28-12-14-3-8-21-22(9-14)35-13-34-21/h3,8-11,15-16H,2,4-7,12-13,27H2,1H3,(H,28,31)(H,29,30). The lowest BCUT2D eigenvalue weighted by molar-refractivity contribution is -0.150. The van der Waals surface area contributed by atoms with Gasteiger partial charge in [0.05, 0.1) is 23.8 Å². The van der Waals surface area contributed by atoms with Crippen molar-refractivity contribution in [3.63, 3.8) is 0 Å². The summed E-state index contributed by atoms with van der Waals surface area (Å²) in [7, 11) is 0. The molecule has 1 heterocycles. The number of carbonyl (C=O) groups excluding carboxylic acids is 3. The number of nitrogen functional groups attached to an aromatic ring is 1. The van der Waals surface area contributed by atoms with Crippen LogP contribution in [0.4, 0.5) is 11.4 Å².